The van der Waals surface area contributed by atoms with Gasteiger partial charge in [-0.05, 0) is 43.2 Å². The number of nitrogens with zero attached hydrogens (tertiary/aromatic N) is 2. The van der Waals surface area contributed by atoms with Crippen molar-refractivity contribution in [2.24, 2.45) is 0 Å². The van der Waals surface area contributed by atoms with Crippen molar-refractivity contribution in [3.63, 3.8) is 0 Å². The Kier molecular flexibility index (Phi) is 6.85. The molecule has 5 heteroatoms. The van der Waals surface area contributed by atoms with Crippen LogP contribution in [0.4, 0.5) is 0 Å². The van der Waals surface area contributed by atoms with E-state index in [1.165, 1.54) is 5.56 Å². The Morgan fingerprint density at radius 3 is 2.26 bits per heavy atom. The third-order valence-electron chi connectivity index (χ3n) is 4.98. The lowest BCUT2D eigenvalue weighted by Gasteiger charge is -2.35. The molecule has 0 amide bonds. The minimum Gasteiger partial charge on any atom is -0.489 e. The fraction of sp³-hybridized carbons (Fsp3) is 0.409. The average Bonchev–Trinajstić information content (AvgIpc) is 2.68. The summed E-state index contributed by atoms with van der Waals surface area (Å²) in [6, 6.07) is 17.2. The third-order valence-corrected chi connectivity index (χ3v) is 4.98. The fourth-order valence-corrected chi connectivity index (χ4v) is 3.43. The maximum atomic E-state index is 10.9. The van der Waals surface area contributed by atoms with E-state index >= 15 is 0 Å². The van der Waals surface area contributed by atoms with Gasteiger partial charge in [-0.1, -0.05) is 30.3 Å². The van der Waals surface area contributed by atoms with Gasteiger partial charge in [0.1, 0.15) is 11.9 Å². The van der Waals surface area contributed by atoms with Crippen LogP contribution in [0.5, 0.6) is 5.75 Å². The second kappa shape index (κ2) is 9.53. The number of aromatic carboxylic acids is 1. The first-order chi connectivity index (χ1) is 13.1. The number of hydrogen-bond donors (Lipinski definition) is 1. The van der Waals surface area contributed by atoms with Gasteiger partial charge in [0.2, 0.25) is 0 Å². The standard InChI is InChI=1S/C22H28N2O3/c1-18(27-21-5-3-2-4-6-21)17-24-15-13-23(14-16-24)12-11-19-7-9-20(10-8-19)22(25)26/h2-10,18H,11-17H2,1H3,(H,25,26). The van der Waals surface area contributed by atoms with Crippen LogP contribution in [0.15, 0.2) is 54.6 Å². The van der Waals surface area contributed by atoms with Crippen molar-refractivity contribution in [3.05, 3.63) is 65.7 Å². The number of para-hydroxylation sites is 1. The fourth-order valence-electron chi connectivity index (χ4n) is 3.43. The Labute approximate surface area is 161 Å². The molecular weight excluding hydrogens is 340 g/mol. The highest BCUT2D eigenvalue weighted by Gasteiger charge is 2.19. The molecule has 0 aliphatic carbocycles. The first-order valence-electron chi connectivity index (χ1n) is 9.59. The van der Waals surface area contributed by atoms with Crippen LogP contribution < -0.4 is 4.74 Å². The summed E-state index contributed by atoms with van der Waals surface area (Å²) >= 11 is 0. The highest BCUT2D eigenvalue weighted by molar-refractivity contribution is 5.87. The number of ether oxygens (including phenoxy) is 1. The van der Waals surface area contributed by atoms with Crippen molar-refractivity contribution in [3.8, 4) is 5.75 Å². The van der Waals surface area contributed by atoms with E-state index in [4.69, 9.17) is 9.84 Å². The summed E-state index contributed by atoms with van der Waals surface area (Å²) in [6.45, 7) is 8.31. The van der Waals surface area contributed by atoms with Crippen molar-refractivity contribution >= 4 is 5.97 Å². The molecule has 1 atom stereocenters. The summed E-state index contributed by atoms with van der Waals surface area (Å²) in [6.07, 6.45) is 1.12. The van der Waals surface area contributed by atoms with Crippen molar-refractivity contribution in [1.29, 1.82) is 0 Å². The van der Waals surface area contributed by atoms with Crippen molar-refractivity contribution in [2.45, 2.75) is 19.4 Å². The van der Waals surface area contributed by atoms with Gasteiger partial charge in [0.25, 0.3) is 0 Å². The molecular formula is C22H28N2O3. The van der Waals surface area contributed by atoms with Gasteiger partial charge < -0.3 is 14.7 Å². The monoisotopic (exact) mass is 368 g/mol. The van der Waals surface area contributed by atoms with Gasteiger partial charge >= 0.3 is 5.97 Å². The Morgan fingerprint density at radius 1 is 1.00 bits per heavy atom. The van der Waals surface area contributed by atoms with Crippen molar-refractivity contribution < 1.29 is 14.6 Å². The number of rotatable bonds is 8. The largest absolute Gasteiger partial charge is 0.489 e. The molecule has 0 bridgehead atoms. The number of benzene rings is 2. The SMILES string of the molecule is CC(CN1CCN(CCc2ccc(C(=O)O)cc2)CC1)Oc1ccccc1. The smallest absolute Gasteiger partial charge is 0.335 e. The average molecular weight is 368 g/mol. The number of carboxylic acid groups (broad SMARTS) is 1. The van der Waals surface area contributed by atoms with Gasteiger partial charge in [0.15, 0.2) is 0 Å². The molecule has 0 spiro atoms. The second-order valence-corrected chi connectivity index (χ2v) is 7.14. The predicted octanol–water partition coefficient (Wildman–Crippen LogP) is 3.01. The predicted molar refractivity (Wildman–Crippen MR) is 107 cm³/mol. The van der Waals surface area contributed by atoms with Gasteiger partial charge in [-0.15, -0.1) is 0 Å². The first-order valence-corrected chi connectivity index (χ1v) is 9.59. The maximum absolute atomic E-state index is 10.9. The molecule has 1 aliphatic heterocycles. The van der Waals surface area contributed by atoms with E-state index in [1.807, 2.05) is 42.5 Å². The van der Waals surface area contributed by atoms with Crippen LogP contribution in [0.2, 0.25) is 0 Å². The summed E-state index contributed by atoms with van der Waals surface area (Å²) in [5, 5.41) is 8.96. The van der Waals surface area contributed by atoms with Crippen LogP contribution in [0.1, 0.15) is 22.8 Å². The molecule has 0 saturated carbocycles. The number of carboxylic acids is 1. The van der Waals surface area contributed by atoms with Gasteiger partial charge in [-0.2, -0.15) is 0 Å². The number of piperazine rings is 1. The normalized spacial score (nSPS) is 16.8. The maximum Gasteiger partial charge on any atom is 0.335 e. The van der Waals surface area contributed by atoms with Crippen molar-refractivity contribution in [1.82, 2.24) is 9.80 Å². The minimum atomic E-state index is -0.872. The van der Waals surface area contributed by atoms with Crippen LogP contribution in [0.25, 0.3) is 0 Å². The minimum absolute atomic E-state index is 0.173. The molecule has 1 heterocycles. The Balaban J connectivity index is 1.36. The van der Waals surface area contributed by atoms with Crippen LogP contribution in [-0.2, 0) is 6.42 Å². The molecule has 0 aromatic heterocycles. The molecule has 2 aromatic carbocycles. The summed E-state index contributed by atoms with van der Waals surface area (Å²) in [5.74, 6) is 0.0562. The van der Waals surface area contributed by atoms with Crippen LogP contribution >= 0.6 is 0 Å². The Morgan fingerprint density at radius 2 is 1.63 bits per heavy atom. The van der Waals surface area contributed by atoms with E-state index in [1.54, 1.807) is 12.1 Å². The summed E-state index contributed by atoms with van der Waals surface area (Å²) in [7, 11) is 0. The molecule has 1 N–H and O–H groups in total. The molecule has 3 rings (SSSR count). The highest BCUT2D eigenvalue weighted by atomic mass is 16.5. The van der Waals surface area contributed by atoms with Crippen LogP contribution in [-0.4, -0.2) is 66.2 Å². The molecule has 1 saturated heterocycles. The molecule has 144 valence electrons. The summed E-state index contributed by atoms with van der Waals surface area (Å²) in [4.78, 5) is 15.8. The lowest BCUT2D eigenvalue weighted by molar-refractivity contribution is 0.0697. The lowest BCUT2D eigenvalue weighted by Crippen LogP contribution is -2.49. The van der Waals surface area contributed by atoms with Gasteiger partial charge in [0, 0.05) is 39.3 Å². The zero-order chi connectivity index (χ0) is 19.1. The molecule has 27 heavy (non-hydrogen) atoms. The van der Waals surface area contributed by atoms with E-state index in [0.717, 1.165) is 51.4 Å². The number of hydrogen-bond acceptors (Lipinski definition) is 4. The second-order valence-electron chi connectivity index (χ2n) is 7.14. The summed E-state index contributed by atoms with van der Waals surface area (Å²) in [5.41, 5.74) is 1.53. The molecule has 0 radical (unpaired) electrons. The van der Waals surface area contributed by atoms with E-state index < -0.39 is 5.97 Å². The molecule has 1 aliphatic rings. The van der Waals surface area contributed by atoms with Crippen molar-refractivity contribution in [2.75, 3.05) is 39.3 Å². The third kappa shape index (κ3) is 6.08. The Hall–Kier alpha value is -2.37. The topological polar surface area (TPSA) is 53.0 Å². The molecule has 2 aromatic rings. The highest BCUT2D eigenvalue weighted by Crippen LogP contribution is 2.13. The van der Waals surface area contributed by atoms with Crippen LogP contribution in [0, 0.1) is 0 Å². The zero-order valence-corrected chi connectivity index (χ0v) is 15.9. The van der Waals surface area contributed by atoms with Crippen LogP contribution in [0.3, 0.4) is 0 Å². The van der Waals surface area contributed by atoms with Gasteiger partial charge in [0.05, 0.1) is 5.56 Å². The van der Waals surface area contributed by atoms with Gasteiger partial charge in [-0.3, -0.25) is 4.90 Å². The lowest BCUT2D eigenvalue weighted by atomic mass is 10.1. The molecule has 1 unspecified atom stereocenters. The zero-order valence-electron chi connectivity index (χ0n) is 15.9. The quantitative estimate of drug-likeness (QED) is 0.776. The van der Waals surface area contributed by atoms with E-state index in [0.29, 0.717) is 5.56 Å². The van der Waals surface area contributed by atoms with E-state index in [9.17, 15) is 4.79 Å². The van der Waals surface area contributed by atoms with E-state index in [-0.39, 0.29) is 6.10 Å². The number of carbonyl (C=O) groups is 1. The molecule has 1 fully saturated rings. The first kappa shape index (κ1) is 19.4. The Bertz CT molecular complexity index is 710. The summed E-state index contributed by atoms with van der Waals surface area (Å²) < 4.78 is 5.98. The van der Waals surface area contributed by atoms with E-state index in [2.05, 4.69) is 16.7 Å². The molecule has 5 nitrogen and oxygen atoms in total. The van der Waals surface area contributed by atoms with Gasteiger partial charge in [-0.25, -0.2) is 4.79 Å².